The van der Waals surface area contributed by atoms with Crippen LogP contribution in [0.1, 0.15) is 27.5 Å². The molecule has 72 heavy (non-hydrogen) atoms. The van der Waals surface area contributed by atoms with Crippen molar-refractivity contribution in [1.29, 1.82) is 0 Å². The van der Waals surface area contributed by atoms with Crippen molar-refractivity contribution >= 4 is 88.4 Å². The Morgan fingerprint density at radius 3 is 1.53 bits per heavy atom. The number of aliphatic hydroxyl groups is 1. The molecule has 0 radical (unpaired) electrons. The van der Waals surface area contributed by atoms with Gasteiger partial charge >= 0.3 is 5.97 Å². The Kier molecular flexibility index (Phi) is 20.0. The van der Waals surface area contributed by atoms with E-state index in [4.69, 9.17) is 51.6 Å². The number of hydrogen-bond donors (Lipinski definition) is 16. The standard InChI is InChI=1S/C40H53N21O11/c1-59(2)20-12-10-18(11-13-20)7-6-16-60(23-15-14-21(61(71)72)17-22(23)36(69)70)35(68)34(67)50-24(19-8-4-3-5-9-19)30(63)52-27(56-38(44)45)32(65)54-29(58-40(48)49)33(66)53-28(57-39(46)47)31(64)51-26(25(41)62)55-37(42)43/h3-15,17,24,26-29,35,68H,16H2,1-2H3,(H2,41,62)(H,50,67)(H,51,64)(H,52,63)(H,53,66)(H,54,65)(H,69,70)(H4,42,43,55)(H4,44,45,56)(H4,46,47,57)(H4,48,49,58). The number of nitrogens with zero attached hydrogens (tertiary/aromatic N) is 7. The van der Waals surface area contributed by atoms with Crippen molar-refractivity contribution in [2.45, 2.75) is 36.9 Å². The Morgan fingerprint density at radius 2 is 1.10 bits per heavy atom. The van der Waals surface area contributed by atoms with E-state index in [2.05, 4.69) is 30.6 Å². The minimum absolute atomic E-state index is 0.0220. The van der Waals surface area contributed by atoms with Gasteiger partial charge in [0.05, 0.1) is 16.2 Å². The Bertz CT molecular complexity index is 2640. The second-order valence-electron chi connectivity index (χ2n) is 14.8. The van der Waals surface area contributed by atoms with Gasteiger partial charge in [0.25, 0.3) is 35.2 Å². The number of rotatable bonds is 24. The SMILES string of the molecule is CN(C)c1ccc(C=CCN(c2ccc([N+](=O)[O-])cc2C(=O)O)C(O)C(=O)NC(C(=O)NC(N=C(N)N)C(=O)NC(N=C(N)N)C(=O)NC(N=C(N)N)C(=O)NC(N=C(N)N)C(N)=O)c2ccccc2)cc1. The lowest BCUT2D eigenvalue weighted by Gasteiger charge is -2.30. The predicted molar refractivity (Wildman–Crippen MR) is 261 cm³/mol. The minimum Gasteiger partial charge on any atom is -0.478 e. The minimum atomic E-state index is -2.34. The molecule has 3 rings (SSSR count). The molecule has 3 aromatic carbocycles. The third-order valence-electron chi connectivity index (χ3n) is 9.21. The van der Waals surface area contributed by atoms with Crippen molar-refractivity contribution in [2.75, 3.05) is 30.4 Å². The summed E-state index contributed by atoms with van der Waals surface area (Å²) in [6.07, 6.45) is -7.69. The summed E-state index contributed by atoms with van der Waals surface area (Å²) in [5.74, 6) is -12.8. The molecule has 6 unspecified atom stereocenters. The summed E-state index contributed by atoms with van der Waals surface area (Å²) in [4.78, 5) is 121. The van der Waals surface area contributed by atoms with Crippen molar-refractivity contribution in [2.24, 2.45) is 71.6 Å². The Hall–Kier alpha value is -10.3. The highest BCUT2D eigenvalue weighted by molar-refractivity contribution is 6.00. The van der Waals surface area contributed by atoms with Gasteiger partial charge in [0.2, 0.25) is 36.8 Å². The van der Waals surface area contributed by atoms with Gasteiger partial charge in [-0.1, -0.05) is 54.6 Å². The van der Waals surface area contributed by atoms with Crippen LogP contribution in [0.3, 0.4) is 0 Å². The van der Waals surface area contributed by atoms with Gasteiger partial charge in [0.1, 0.15) is 6.04 Å². The van der Waals surface area contributed by atoms with Crippen molar-refractivity contribution in [1.82, 2.24) is 26.6 Å². The molecule has 0 saturated carbocycles. The molecule has 0 fully saturated rings. The van der Waals surface area contributed by atoms with Crippen LogP contribution < -0.4 is 88.0 Å². The van der Waals surface area contributed by atoms with E-state index in [1.807, 2.05) is 47.1 Å². The third-order valence-corrected chi connectivity index (χ3v) is 9.21. The summed E-state index contributed by atoms with van der Waals surface area (Å²) in [7, 11) is 3.68. The number of nitro benzene ring substituents is 1. The van der Waals surface area contributed by atoms with Crippen LogP contribution in [0.4, 0.5) is 17.1 Å². The van der Waals surface area contributed by atoms with E-state index < -0.39 is 125 Å². The fourth-order valence-electron chi connectivity index (χ4n) is 5.97. The third kappa shape index (κ3) is 16.8. The molecular formula is C40H53N21O11. The molecule has 0 aliphatic heterocycles. The van der Waals surface area contributed by atoms with Crippen LogP contribution in [-0.2, 0) is 28.8 Å². The van der Waals surface area contributed by atoms with Crippen LogP contribution in [-0.4, -0.2) is 132 Å². The second kappa shape index (κ2) is 25.7. The molecule has 0 aliphatic rings. The van der Waals surface area contributed by atoms with Gasteiger partial charge in [-0.15, -0.1) is 0 Å². The van der Waals surface area contributed by atoms with E-state index >= 15 is 0 Å². The van der Waals surface area contributed by atoms with Crippen LogP contribution in [0.5, 0.6) is 0 Å². The highest BCUT2D eigenvalue weighted by Gasteiger charge is 2.35. The number of non-ortho nitro benzene ring substituents is 1. The van der Waals surface area contributed by atoms with Crippen molar-refractivity contribution in [3.63, 3.8) is 0 Å². The number of nitro groups is 1. The molecule has 0 heterocycles. The van der Waals surface area contributed by atoms with Crippen molar-refractivity contribution in [3.8, 4) is 0 Å². The summed E-state index contributed by atoms with van der Waals surface area (Å²) in [6.45, 7) is -0.398. The number of anilines is 2. The number of guanidine groups is 4. The smallest absolute Gasteiger partial charge is 0.338 e. The van der Waals surface area contributed by atoms with Gasteiger partial charge in [0.15, 0.2) is 23.8 Å². The number of primary amides is 1. The van der Waals surface area contributed by atoms with Crippen LogP contribution in [0.15, 0.2) is 98.8 Å². The lowest BCUT2D eigenvalue weighted by atomic mass is 10.1. The molecule has 0 aliphatic carbocycles. The molecule has 0 bridgehead atoms. The molecular weight excluding hydrogens is 951 g/mol. The van der Waals surface area contributed by atoms with E-state index in [1.54, 1.807) is 24.3 Å². The van der Waals surface area contributed by atoms with Crippen LogP contribution in [0.2, 0.25) is 0 Å². The number of carbonyl (C=O) groups is 7. The number of benzene rings is 3. The lowest BCUT2D eigenvalue weighted by Crippen LogP contribution is -2.58. The number of nitrogens with one attached hydrogen (secondary N) is 5. The number of amides is 6. The lowest BCUT2D eigenvalue weighted by molar-refractivity contribution is -0.384. The molecule has 0 spiro atoms. The first-order valence-corrected chi connectivity index (χ1v) is 20.4. The number of carbonyl (C=O) groups excluding carboxylic acids is 6. The first-order chi connectivity index (χ1) is 33.8. The summed E-state index contributed by atoms with van der Waals surface area (Å²) < 4.78 is 0. The topological polar surface area (TPSA) is 553 Å². The van der Waals surface area contributed by atoms with Crippen LogP contribution in [0.25, 0.3) is 6.08 Å². The van der Waals surface area contributed by atoms with E-state index in [-0.39, 0.29) is 11.3 Å². The van der Waals surface area contributed by atoms with E-state index in [0.717, 1.165) is 28.8 Å². The molecule has 6 atom stereocenters. The molecule has 384 valence electrons. The van der Waals surface area contributed by atoms with E-state index in [0.29, 0.717) is 5.56 Å². The van der Waals surface area contributed by atoms with Crippen molar-refractivity contribution in [3.05, 3.63) is 106 Å². The van der Waals surface area contributed by atoms with E-state index in [1.165, 1.54) is 30.3 Å². The fourth-order valence-corrected chi connectivity index (χ4v) is 5.97. The Balaban J connectivity index is 2.01. The van der Waals surface area contributed by atoms with Gasteiger partial charge in [-0.3, -0.25) is 38.9 Å². The average molecular weight is 1000 g/mol. The summed E-state index contributed by atoms with van der Waals surface area (Å²) >= 11 is 0. The summed E-state index contributed by atoms with van der Waals surface area (Å²) in [6, 6.07) is 15.2. The molecule has 32 nitrogen and oxygen atoms in total. The number of carboxylic acids is 1. The maximum absolute atomic E-state index is 14.2. The highest BCUT2D eigenvalue weighted by atomic mass is 16.6. The van der Waals surface area contributed by atoms with Gasteiger partial charge < -0.3 is 98.2 Å². The first kappa shape index (κ1) is 56.1. The number of aliphatic imine (C=N–C) groups is 4. The maximum atomic E-state index is 14.2. The number of hydrogen-bond acceptors (Lipinski definition) is 16. The quantitative estimate of drug-likeness (QED) is 0.0130. The van der Waals surface area contributed by atoms with Crippen LogP contribution >= 0.6 is 0 Å². The molecule has 32 heteroatoms. The molecule has 25 N–H and O–H groups in total. The van der Waals surface area contributed by atoms with Gasteiger partial charge in [0, 0.05) is 38.5 Å². The number of nitrogens with two attached hydrogens (primary N) is 9. The Morgan fingerprint density at radius 1 is 0.639 bits per heavy atom. The fraction of sp³-hybridized carbons (Fsp3) is 0.225. The molecule has 6 amide bonds. The van der Waals surface area contributed by atoms with Gasteiger partial charge in [-0.05, 0) is 29.3 Å². The monoisotopic (exact) mass is 1000 g/mol. The number of aromatic carboxylic acids is 1. The molecule has 0 aromatic heterocycles. The zero-order valence-electron chi connectivity index (χ0n) is 38.1. The Labute approximate surface area is 407 Å². The summed E-state index contributed by atoms with van der Waals surface area (Å²) in [5, 5.41) is 43.9. The molecule has 3 aromatic rings. The zero-order valence-corrected chi connectivity index (χ0v) is 38.1. The summed E-state index contributed by atoms with van der Waals surface area (Å²) in [5.41, 5.74) is 48.7. The van der Waals surface area contributed by atoms with Crippen LogP contribution in [0, 0.1) is 10.1 Å². The van der Waals surface area contributed by atoms with Gasteiger partial charge in [-0.25, -0.2) is 24.8 Å². The normalized spacial score (nSPS) is 13.1. The number of carboxylic acid groups (broad SMARTS) is 1. The van der Waals surface area contributed by atoms with Crippen molar-refractivity contribution < 1.29 is 48.7 Å². The largest absolute Gasteiger partial charge is 0.478 e. The molecule has 0 saturated heterocycles. The highest BCUT2D eigenvalue weighted by Crippen LogP contribution is 2.28. The maximum Gasteiger partial charge on any atom is 0.338 e. The number of aliphatic hydroxyl groups excluding tert-OH is 1. The van der Waals surface area contributed by atoms with Gasteiger partial charge in [-0.2, -0.15) is 0 Å². The zero-order chi connectivity index (χ0) is 54.0. The first-order valence-electron chi connectivity index (χ1n) is 20.4. The van der Waals surface area contributed by atoms with E-state index in [9.17, 15) is 53.9 Å². The second-order valence-corrected chi connectivity index (χ2v) is 14.8. The predicted octanol–water partition coefficient (Wildman–Crippen LogP) is -6.60. The average Bonchev–Trinajstić information content (AvgIpc) is 3.30.